The number of anilines is 1. The standard InChI is InChI=1S/C16H23N3OS/c1-13-6-5-10-18(12-13)16(20)19(11-9-15(17)21)14-7-3-2-4-8-14/h2-4,7-8,13H,5-6,9-12H2,1H3,(H2,17,21). The summed E-state index contributed by atoms with van der Waals surface area (Å²) in [4.78, 5) is 17.0. The van der Waals surface area contributed by atoms with E-state index in [-0.39, 0.29) is 6.03 Å². The molecule has 2 amide bonds. The first-order valence-electron chi connectivity index (χ1n) is 7.47. The predicted molar refractivity (Wildman–Crippen MR) is 90.6 cm³/mol. The molecule has 1 aromatic carbocycles. The third-order valence-electron chi connectivity index (χ3n) is 3.81. The predicted octanol–water partition coefficient (Wildman–Crippen LogP) is 3.02. The molecule has 0 aliphatic carbocycles. The Morgan fingerprint density at radius 1 is 1.43 bits per heavy atom. The average molecular weight is 305 g/mol. The first-order valence-corrected chi connectivity index (χ1v) is 7.88. The lowest BCUT2D eigenvalue weighted by Gasteiger charge is -2.35. The van der Waals surface area contributed by atoms with Gasteiger partial charge in [-0.05, 0) is 30.9 Å². The van der Waals surface area contributed by atoms with Crippen molar-refractivity contribution in [2.45, 2.75) is 26.2 Å². The molecule has 1 atom stereocenters. The third kappa shape index (κ3) is 4.43. The van der Waals surface area contributed by atoms with Crippen molar-refractivity contribution in [2.24, 2.45) is 11.7 Å². The second-order valence-corrected chi connectivity index (χ2v) is 6.20. The molecule has 114 valence electrons. The number of carbonyl (C=O) groups is 1. The number of hydrogen-bond donors (Lipinski definition) is 1. The third-order valence-corrected chi connectivity index (χ3v) is 4.01. The number of para-hydroxylation sites is 1. The van der Waals surface area contributed by atoms with Crippen LogP contribution in [0.3, 0.4) is 0 Å². The molecular formula is C16H23N3OS. The Balaban J connectivity index is 2.14. The number of carbonyl (C=O) groups excluding carboxylic acids is 1. The number of benzene rings is 1. The van der Waals surface area contributed by atoms with Crippen LogP contribution in [-0.4, -0.2) is 35.6 Å². The van der Waals surface area contributed by atoms with Gasteiger partial charge in [0, 0.05) is 31.7 Å². The van der Waals surface area contributed by atoms with Crippen molar-refractivity contribution in [2.75, 3.05) is 24.5 Å². The van der Waals surface area contributed by atoms with E-state index in [9.17, 15) is 4.79 Å². The highest BCUT2D eigenvalue weighted by Crippen LogP contribution is 2.21. The molecule has 1 saturated heterocycles. The van der Waals surface area contributed by atoms with Gasteiger partial charge in [-0.25, -0.2) is 4.79 Å². The van der Waals surface area contributed by atoms with Crippen molar-refractivity contribution in [3.63, 3.8) is 0 Å². The zero-order valence-electron chi connectivity index (χ0n) is 12.5. The Kier molecular flexibility index (Phi) is 5.56. The summed E-state index contributed by atoms with van der Waals surface area (Å²) in [7, 11) is 0. The first-order chi connectivity index (χ1) is 10.1. The normalized spacial score (nSPS) is 18.3. The molecule has 21 heavy (non-hydrogen) atoms. The van der Waals surface area contributed by atoms with Crippen LogP contribution in [0.4, 0.5) is 10.5 Å². The molecule has 5 heteroatoms. The van der Waals surface area contributed by atoms with E-state index in [4.69, 9.17) is 18.0 Å². The van der Waals surface area contributed by atoms with Gasteiger partial charge in [0.05, 0.1) is 4.99 Å². The topological polar surface area (TPSA) is 49.6 Å². The lowest BCUT2D eigenvalue weighted by atomic mass is 10.0. The summed E-state index contributed by atoms with van der Waals surface area (Å²) >= 11 is 4.95. The summed E-state index contributed by atoms with van der Waals surface area (Å²) in [5, 5.41) is 0. The summed E-state index contributed by atoms with van der Waals surface area (Å²) in [6, 6.07) is 9.78. The maximum Gasteiger partial charge on any atom is 0.324 e. The molecule has 1 aliphatic rings. The molecule has 0 radical (unpaired) electrons. The van der Waals surface area contributed by atoms with Gasteiger partial charge in [-0.15, -0.1) is 0 Å². The maximum absolute atomic E-state index is 12.8. The largest absolute Gasteiger partial charge is 0.393 e. The number of likely N-dealkylation sites (tertiary alicyclic amines) is 1. The molecule has 0 saturated carbocycles. The van der Waals surface area contributed by atoms with Crippen LogP contribution in [0.25, 0.3) is 0 Å². The lowest BCUT2D eigenvalue weighted by Crippen LogP contribution is -2.48. The zero-order chi connectivity index (χ0) is 15.2. The second kappa shape index (κ2) is 7.41. The van der Waals surface area contributed by atoms with Gasteiger partial charge in [-0.3, -0.25) is 4.90 Å². The minimum absolute atomic E-state index is 0.0593. The smallest absolute Gasteiger partial charge is 0.324 e. The first kappa shape index (κ1) is 15.8. The van der Waals surface area contributed by atoms with E-state index < -0.39 is 0 Å². The van der Waals surface area contributed by atoms with Gasteiger partial charge < -0.3 is 10.6 Å². The van der Waals surface area contributed by atoms with E-state index in [0.29, 0.717) is 23.9 Å². The van der Waals surface area contributed by atoms with Crippen LogP contribution in [0.1, 0.15) is 26.2 Å². The van der Waals surface area contributed by atoms with Crippen LogP contribution < -0.4 is 10.6 Å². The molecule has 2 N–H and O–H groups in total. The van der Waals surface area contributed by atoms with Gasteiger partial charge in [-0.2, -0.15) is 0 Å². The molecular weight excluding hydrogens is 282 g/mol. The van der Waals surface area contributed by atoms with Crippen LogP contribution in [0.5, 0.6) is 0 Å². The molecule has 1 unspecified atom stereocenters. The summed E-state index contributed by atoms with van der Waals surface area (Å²) in [5.74, 6) is 0.566. The summed E-state index contributed by atoms with van der Waals surface area (Å²) in [6.07, 6.45) is 2.81. The number of urea groups is 1. The number of nitrogens with two attached hydrogens (primary N) is 1. The van der Waals surface area contributed by atoms with E-state index in [1.807, 2.05) is 35.2 Å². The highest BCUT2D eigenvalue weighted by molar-refractivity contribution is 7.80. The highest BCUT2D eigenvalue weighted by atomic mass is 32.1. The van der Waals surface area contributed by atoms with Crippen molar-refractivity contribution in [3.8, 4) is 0 Å². The fourth-order valence-electron chi connectivity index (χ4n) is 2.70. The molecule has 1 aromatic rings. The number of hydrogen-bond acceptors (Lipinski definition) is 2. The Labute approximate surface area is 131 Å². The summed E-state index contributed by atoms with van der Waals surface area (Å²) < 4.78 is 0. The fraction of sp³-hybridized carbons (Fsp3) is 0.500. The Hall–Kier alpha value is -1.62. The number of nitrogens with zero attached hydrogens (tertiary/aromatic N) is 2. The van der Waals surface area contributed by atoms with Gasteiger partial charge in [0.25, 0.3) is 0 Å². The number of thiocarbonyl (C=S) groups is 1. The maximum atomic E-state index is 12.8. The number of rotatable bonds is 4. The van der Waals surface area contributed by atoms with E-state index in [1.165, 1.54) is 6.42 Å². The van der Waals surface area contributed by atoms with Gasteiger partial charge in [0.1, 0.15) is 0 Å². The fourth-order valence-corrected chi connectivity index (χ4v) is 2.79. The zero-order valence-corrected chi connectivity index (χ0v) is 13.3. The van der Waals surface area contributed by atoms with Crippen molar-refractivity contribution in [1.29, 1.82) is 0 Å². The minimum Gasteiger partial charge on any atom is -0.393 e. The Morgan fingerprint density at radius 2 is 2.14 bits per heavy atom. The van der Waals surface area contributed by atoms with Gasteiger partial charge in [-0.1, -0.05) is 37.3 Å². The van der Waals surface area contributed by atoms with E-state index >= 15 is 0 Å². The monoisotopic (exact) mass is 305 g/mol. The molecule has 1 fully saturated rings. The molecule has 2 rings (SSSR count). The number of amides is 2. The van der Waals surface area contributed by atoms with E-state index in [0.717, 1.165) is 25.2 Å². The molecule has 1 heterocycles. The van der Waals surface area contributed by atoms with Crippen LogP contribution in [0.15, 0.2) is 30.3 Å². The molecule has 0 aromatic heterocycles. The van der Waals surface area contributed by atoms with Crippen molar-refractivity contribution >= 4 is 28.9 Å². The Morgan fingerprint density at radius 3 is 2.76 bits per heavy atom. The Bertz CT molecular complexity index is 492. The lowest BCUT2D eigenvalue weighted by molar-refractivity contribution is 0.176. The van der Waals surface area contributed by atoms with E-state index in [1.54, 1.807) is 4.90 Å². The minimum atomic E-state index is 0.0593. The van der Waals surface area contributed by atoms with Crippen molar-refractivity contribution in [3.05, 3.63) is 30.3 Å². The summed E-state index contributed by atoms with van der Waals surface area (Å²) in [6.45, 7) is 4.39. The SMILES string of the molecule is CC1CCCN(C(=O)N(CCC(N)=S)c2ccccc2)C1. The van der Waals surface area contributed by atoms with Gasteiger partial charge >= 0.3 is 6.03 Å². The van der Waals surface area contributed by atoms with Crippen molar-refractivity contribution in [1.82, 2.24) is 4.90 Å². The van der Waals surface area contributed by atoms with Crippen LogP contribution in [-0.2, 0) is 0 Å². The quantitative estimate of drug-likeness (QED) is 0.870. The second-order valence-electron chi connectivity index (χ2n) is 5.68. The van der Waals surface area contributed by atoms with Crippen LogP contribution in [0.2, 0.25) is 0 Å². The van der Waals surface area contributed by atoms with Crippen LogP contribution in [0, 0.1) is 5.92 Å². The van der Waals surface area contributed by atoms with Gasteiger partial charge in [0.2, 0.25) is 0 Å². The highest BCUT2D eigenvalue weighted by Gasteiger charge is 2.26. The number of piperidine rings is 1. The van der Waals surface area contributed by atoms with E-state index in [2.05, 4.69) is 6.92 Å². The molecule has 4 nitrogen and oxygen atoms in total. The van der Waals surface area contributed by atoms with Crippen molar-refractivity contribution < 1.29 is 4.79 Å². The molecule has 0 bridgehead atoms. The van der Waals surface area contributed by atoms with Gasteiger partial charge in [0.15, 0.2) is 0 Å². The van der Waals surface area contributed by atoms with Crippen LogP contribution >= 0.6 is 12.2 Å². The molecule has 0 spiro atoms. The molecule has 1 aliphatic heterocycles. The average Bonchev–Trinajstić information content (AvgIpc) is 2.48. The summed E-state index contributed by atoms with van der Waals surface area (Å²) in [5.41, 5.74) is 6.50.